The number of benzene rings is 2. The molecule has 0 fully saturated rings. The Hall–Kier alpha value is -1.89. The van der Waals surface area contributed by atoms with Crippen LogP contribution >= 0.6 is 11.6 Å². The zero-order valence-electron chi connectivity index (χ0n) is 14.1. The molecule has 7 heteroatoms. The number of hydrogen-bond acceptors (Lipinski definition) is 3. The summed E-state index contributed by atoms with van der Waals surface area (Å²) in [4.78, 5) is 12.4. The van der Waals surface area contributed by atoms with Gasteiger partial charge < -0.3 is 5.32 Å². The van der Waals surface area contributed by atoms with Crippen LogP contribution in [0.3, 0.4) is 0 Å². The summed E-state index contributed by atoms with van der Waals surface area (Å²) >= 11 is 5.83. The predicted octanol–water partition coefficient (Wildman–Crippen LogP) is 3.20. The van der Waals surface area contributed by atoms with Crippen LogP contribution in [0.25, 0.3) is 0 Å². The predicted molar refractivity (Wildman–Crippen MR) is 99.1 cm³/mol. The number of halogens is 1. The lowest BCUT2D eigenvalue weighted by atomic mass is 10.2. The third kappa shape index (κ3) is 5.85. The van der Waals surface area contributed by atoms with Crippen molar-refractivity contribution in [3.05, 3.63) is 64.7 Å². The van der Waals surface area contributed by atoms with Crippen LogP contribution in [0.1, 0.15) is 29.8 Å². The minimum atomic E-state index is -3.63. The van der Waals surface area contributed by atoms with E-state index in [0.717, 1.165) is 5.56 Å². The molecule has 0 spiro atoms. The minimum Gasteiger partial charge on any atom is -0.348 e. The topological polar surface area (TPSA) is 75.3 Å². The van der Waals surface area contributed by atoms with E-state index in [1.807, 2.05) is 26.0 Å². The molecule has 0 bridgehead atoms. The highest BCUT2D eigenvalue weighted by molar-refractivity contribution is 7.89. The van der Waals surface area contributed by atoms with Crippen LogP contribution in [0.2, 0.25) is 5.02 Å². The Morgan fingerprint density at radius 2 is 1.80 bits per heavy atom. The molecule has 2 aromatic rings. The smallest absolute Gasteiger partial charge is 0.251 e. The summed E-state index contributed by atoms with van der Waals surface area (Å²) in [5.74, 6) is -0.142. The average molecular weight is 381 g/mol. The van der Waals surface area contributed by atoms with Crippen molar-refractivity contribution < 1.29 is 13.2 Å². The fourth-order valence-corrected chi connectivity index (χ4v) is 3.44. The van der Waals surface area contributed by atoms with Gasteiger partial charge in [0.05, 0.1) is 4.90 Å². The van der Waals surface area contributed by atoms with Crippen molar-refractivity contribution in [1.29, 1.82) is 0 Å². The molecule has 0 atom stereocenters. The molecule has 0 aliphatic heterocycles. The highest BCUT2D eigenvalue weighted by Gasteiger charge is 2.16. The SMILES string of the molecule is CC(C)CNS(=O)(=O)c1cccc(C(=O)NCc2ccc(Cl)cc2)c1. The van der Waals surface area contributed by atoms with Gasteiger partial charge in [-0.05, 0) is 41.8 Å². The van der Waals surface area contributed by atoms with Crippen LogP contribution < -0.4 is 10.0 Å². The molecule has 5 nitrogen and oxygen atoms in total. The molecule has 0 aliphatic carbocycles. The molecule has 1 amide bonds. The molecule has 0 aliphatic rings. The van der Waals surface area contributed by atoms with Crippen molar-refractivity contribution in [3.63, 3.8) is 0 Å². The van der Waals surface area contributed by atoms with E-state index < -0.39 is 10.0 Å². The Labute approximate surface area is 153 Å². The largest absolute Gasteiger partial charge is 0.348 e. The first-order valence-corrected chi connectivity index (χ1v) is 9.76. The number of sulfonamides is 1. The van der Waals surface area contributed by atoms with Gasteiger partial charge in [-0.15, -0.1) is 0 Å². The number of carbonyl (C=O) groups excluding carboxylic acids is 1. The molecule has 2 rings (SSSR count). The van der Waals surface area contributed by atoms with E-state index in [4.69, 9.17) is 11.6 Å². The number of nitrogens with one attached hydrogen (secondary N) is 2. The van der Waals surface area contributed by atoms with Gasteiger partial charge in [0, 0.05) is 23.7 Å². The Morgan fingerprint density at radius 3 is 2.44 bits per heavy atom. The molecule has 0 saturated heterocycles. The number of hydrogen-bond donors (Lipinski definition) is 2. The first-order chi connectivity index (χ1) is 11.8. The fourth-order valence-electron chi connectivity index (χ4n) is 2.05. The van der Waals surface area contributed by atoms with Gasteiger partial charge in [0.15, 0.2) is 0 Å². The maximum absolute atomic E-state index is 12.3. The Kier molecular flexibility index (Phi) is 6.58. The van der Waals surface area contributed by atoms with Crippen molar-refractivity contribution in [1.82, 2.24) is 10.0 Å². The lowest BCUT2D eigenvalue weighted by molar-refractivity contribution is 0.0950. The first kappa shape index (κ1) is 19.4. The monoisotopic (exact) mass is 380 g/mol. The molecule has 0 heterocycles. The molecule has 25 heavy (non-hydrogen) atoms. The van der Waals surface area contributed by atoms with Gasteiger partial charge in [0.2, 0.25) is 10.0 Å². The van der Waals surface area contributed by atoms with E-state index in [2.05, 4.69) is 10.0 Å². The Balaban J connectivity index is 2.06. The van der Waals surface area contributed by atoms with Crippen LogP contribution in [-0.4, -0.2) is 20.9 Å². The van der Waals surface area contributed by atoms with Gasteiger partial charge in [0.1, 0.15) is 0 Å². The summed E-state index contributed by atoms with van der Waals surface area (Å²) in [6.07, 6.45) is 0. The standard InChI is InChI=1S/C18H21ClN2O3S/c1-13(2)11-21-25(23,24)17-5-3-4-15(10-17)18(22)20-12-14-6-8-16(19)9-7-14/h3-10,13,21H,11-12H2,1-2H3,(H,20,22). The van der Waals surface area contributed by atoms with Crippen molar-refractivity contribution in [2.24, 2.45) is 5.92 Å². The summed E-state index contributed by atoms with van der Waals surface area (Å²) in [6, 6.07) is 13.1. The summed E-state index contributed by atoms with van der Waals surface area (Å²) in [5.41, 5.74) is 1.20. The lowest BCUT2D eigenvalue weighted by Gasteiger charge is -2.10. The molecule has 2 aromatic carbocycles. The van der Waals surface area contributed by atoms with E-state index in [-0.39, 0.29) is 16.7 Å². The van der Waals surface area contributed by atoms with Gasteiger partial charge in [-0.2, -0.15) is 0 Å². The van der Waals surface area contributed by atoms with Crippen LogP contribution in [0.15, 0.2) is 53.4 Å². The summed E-state index contributed by atoms with van der Waals surface area (Å²) in [7, 11) is -3.63. The summed E-state index contributed by atoms with van der Waals surface area (Å²) in [6.45, 7) is 4.51. The maximum Gasteiger partial charge on any atom is 0.251 e. The number of amides is 1. The molecular weight excluding hydrogens is 360 g/mol. The van der Waals surface area contributed by atoms with E-state index in [1.165, 1.54) is 12.1 Å². The van der Waals surface area contributed by atoms with E-state index >= 15 is 0 Å². The summed E-state index contributed by atoms with van der Waals surface area (Å²) in [5, 5.41) is 3.39. The van der Waals surface area contributed by atoms with Gasteiger partial charge in [-0.3, -0.25) is 4.79 Å². The minimum absolute atomic E-state index is 0.0762. The molecule has 0 unspecified atom stereocenters. The normalized spacial score (nSPS) is 11.5. The van der Waals surface area contributed by atoms with E-state index in [0.29, 0.717) is 23.7 Å². The molecule has 0 radical (unpaired) electrons. The second-order valence-corrected chi connectivity index (χ2v) is 8.29. The average Bonchev–Trinajstić information content (AvgIpc) is 2.59. The van der Waals surface area contributed by atoms with E-state index in [1.54, 1.807) is 24.3 Å². The van der Waals surface area contributed by atoms with Gasteiger partial charge in [0.25, 0.3) is 5.91 Å². The lowest BCUT2D eigenvalue weighted by Crippen LogP contribution is -2.28. The highest BCUT2D eigenvalue weighted by Crippen LogP contribution is 2.13. The quantitative estimate of drug-likeness (QED) is 0.774. The zero-order valence-corrected chi connectivity index (χ0v) is 15.7. The number of carbonyl (C=O) groups is 1. The fraction of sp³-hybridized carbons (Fsp3) is 0.278. The van der Waals surface area contributed by atoms with Gasteiger partial charge >= 0.3 is 0 Å². The molecular formula is C18H21ClN2O3S. The molecule has 0 saturated carbocycles. The van der Waals surface area contributed by atoms with Gasteiger partial charge in [-0.25, -0.2) is 13.1 Å². The van der Waals surface area contributed by atoms with Crippen molar-refractivity contribution in [3.8, 4) is 0 Å². The molecule has 2 N–H and O–H groups in total. The Bertz CT molecular complexity index is 834. The van der Waals surface area contributed by atoms with Crippen molar-refractivity contribution in [2.45, 2.75) is 25.3 Å². The van der Waals surface area contributed by atoms with Crippen LogP contribution in [0.5, 0.6) is 0 Å². The van der Waals surface area contributed by atoms with Crippen LogP contribution in [-0.2, 0) is 16.6 Å². The molecule has 134 valence electrons. The second kappa shape index (κ2) is 8.47. The van der Waals surface area contributed by atoms with Crippen LogP contribution in [0.4, 0.5) is 0 Å². The highest BCUT2D eigenvalue weighted by atomic mass is 35.5. The maximum atomic E-state index is 12.3. The van der Waals surface area contributed by atoms with Crippen molar-refractivity contribution in [2.75, 3.05) is 6.54 Å². The molecule has 0 aromatic heterocycles. The third-order valence-electron chi connectivity index (χ3n) is 3.45. The number of rotatable bonds is 7. The zero-order chi connectivity index (χ0) is 18.4. The Morgan fingerprint density at radius 1 is 1.12 bits per heavy atom. The summed E-state index contributed by atoms with van der Waals surface area (Å²) < 4.78 is 27.1. The van der Waals surface area contributed by atoms with E-state index in [9.17, 15) is 13.2 Å². The third-order valence-corrected chi connectivity index (χ3v) is 5.13. The first-order valence-electron chi connectivity index (χ1n) is 7.90. The van der Waals surface area contributed by atoms with Crippen LogP contribution in [0, 0.1) is 5.92 Å². The second-order valence-electron chi connectivity index (χ2n) is 6.08. The van der Waals surface area contributed by atoms with Crippen molar-refractivity contribution >= 4 is 27.5 Å². The van der Waals surface area contributed by atoms with Gasteiger partial charge in [-0.1, -0.05) is 43.6 Å².